The Bertz CT molecular complexity index is 538. The third-order valence-electron chi connectivity index (χ3n) is 3.82. The lowest BCUT2D eigenvalue weighted by Crippen LogP contribution is -2.46. The molecule has 1 aromatic heterocycles. The Kier molecular flexibility index (Phi) is 4.22. The van der Waals surface area contributed by atoms with Gasteiger partial charge in [-0.2, -0.15) is 0 Å². The van der Waals surface area contributed by atoms with Crippen LogP contribution in [0.3, 0.4) is 0 Å². The molecule has 2 aromatic rings. The van der Waals surface area contributed by atoms with Crippen molar-refractivity contribution < 1.29 is 13.9 Å². The minimum atomic E-state index is -0.274. The van der Waals surface area contributed by atoms with Gasteiger partial charge in [0.15, 0.2) is 0 Å². The monoisotopic (exact) mass is 265 g/mol. The zero-order valence-electron chi connectivity index (χ0n) is 11.4. The number of fused-ring (bicyclic) bond motifs is 1. The summed E-state index contributed by atoms with van der Waals surface area (Å²) in [6.45, 7) is 4.70. The van der Waals surface area contributed by atoms with E-state index in [1.807, 2.05) is 19.9 Å². The summed E-state index contributed by atoms with van der Waals surface area (Å²) < 4.78 is 18.7. The molecular formula is C15H20FNO2. The maximum Gasteiger partial charge on any atom is 0.134 e. The number of nitrogens with one attached hydrogen (secondary N) is 1. The largest absolute Gasteiger partial charge is 0.460 e. The van der Waals surface area contributed by atoms with E-state index in [2.05, 4.69) is 5.32 Å². The molecule has 2 N–H and O–H groups in total. The molecule has 0 spiro atoms. The lowest BCUT2D eigenvalue weighted by atomic mass is 9.94. The van der Waals surface area contributed by atoms with E-state index in [4.69, 9.17) is 4.42 Å². The van der Waals surface area contributed by atoms with Gasteiger partial charge < -0.3 is 14.8 Å². The van der Waals surface area contributed by atoms with Crippen LogP contribution >= 0.6 is 0 Å². The number of hydrogen-bond acceptors (Lipinski definition) is 3. The van der Waals surface area contributed by atoms with Crippen molar-refractivity contribution in [1.82, 2.24) is 5.32 Å². The molecule has 1 aromatic carbocycles. The van der Waals surface area contributed by atoms with E-state index in [-0.39, 0.29) is 18.0 Å². The minimum Gasteiger partial charge on any atom is -0.460 e. The van der Waals surface area contributed by atoms with E-state index >= 15 is 0 Å². The van der Waals surface area contributed by atoms with Gasteiger partial charge in [-0.3, -0.25) is 0 Å². The van der Waals surface area contributed by atoms with E-state index in [1.165, 1.54) is 12.1 Å². The van der Waals surface area contributed by atoms with Crippen LogP contribution in [0, 0.1) is 5.82 Å². The second-order valence-corrected chi connectivity index (χ2v) is 4.89. The summed E-state index contributed by atoms with van der Waals surface area (Å²) >= 11 is 0. The topological polar surface area (TPSA) is 45.4 Å². The molecule has 19 heavy (non-hydrogen) atoms. The van der Waals surface area contributed by atoms with Crippen LogP contribution in [-0.4, -0.2) is 17.3 Å². The van der Waals surface area contributed by atoms with Crippen molar-refractivity contribution in [1.29, 1.82) is 0 Å². The maximum atomic E-state index is 13.1. The molecule has 0 unspecified atom stereocenters. The van der Waals surface area contributed by atoms with Crippen molar-refractivity contribution in [3.8, 4) is 0 Å². The van der Waals surface area contributed by atoms with Gasteiger partial charge >= 0.3 is 0 Å². The summed E-state index contributed by atoms with van der Waals surface area (Å²) in [5.74, 6) is 0.486. The quantitative estimate of drug-likeness (QED) is 0.843. The molecule has 0 aliphatic rings. The van der Waals surface area contributed by atoms with Gasteiger partial charge in [0.25, 0.3) is 0 Å². The summed E-state index contributed by atoms with van der Waals surface area (Å²) in [5, 5.41) is 13.6. The van der Waals surface area contributed by atoms with E-state index in [0.29, 0.717) is 12.1 Å². The Morgan fingerprint density at radius 2 is 2.00 bits per heavy atom. The Balaban J connectivity index is 2.13. The first-order valence-corrected chi connectivity index (χ1v) is 6.66. The first-order valence-electron chi connectivity index (χ1n) is 6.66. The molecule has 0 amide bonds. The molecule has 0 saturated carbocycles. The lowest BCUT2D eigenvalue weighted by molar-refractivity contribution is 0.147. The molecule has 0 bridgehead atoms. The van der Waals surface area contributed by atoms with Crippen molar-refractivity contribution in [2.24, 2.45) is 0 Å². The first-order chi connectivity index (χ1) is 9.12. The molecular weight excluding hydrogens is 245 g/mol. The van der Waals surface area contributed by atoms with Gasteiger partial charge in [-0.1, -0.05) is 13.8 Å². The highest BCUT2D eigenvalue weighted by Gasteiger charge is 2.24. The zero-order valence-corrected chi connectivity index (χ0v) is 11.4. The molecule has 0 aliphatic carbocycles. The molecule has 0 aliphatic heterocycles. The van der Waals surface area contributed by atoms with Gasteiger partial charge in [0.05, 0.1) is 13.2 Å². The normalized spacial score (nSPS) is 12.2. The average molecular weight is 265 g/mol. The Morgan fingerprint density at radius 3 is 2.63 bits per heavy atom. The Hall–Kier alpha value is -1.39. The molecule has 104 valence electrons. The summed E-state index contributed by atoms with van der Waals surface area (Å²) in [6, 6.07) is 6.31. The van der Waals surface area contributed by atoms with Crippen LogP contribution in [0.25, 0.3) is 11.0 Å². The number of hydrogen-bond donors (Lipinski definition) is 2. The van der Waals surface area contributed by atoms with E-state index in [9.17, 15) is 9.50 Å². The predicted octanol–water partition coefficient (Wildman–Crippen LogP) is 3.21. The molecule has 0 atom stereocenters. The number of halogens is 1. The molecule has 0 radical (unpaired) electrons. The summed E-state index contributed by atoms with van der Waals surface area (Å²) in [4.78, 5) is 0. The highest BCUT2D eigenvalue weighted by molar-refractivity contribution is 5.77. The van der Waals surface area contributed by atoms with E-state index < -0.39 is 0 Å². The fourth-order valence-corrected chi connectivity index (χ4v) is 2.21. The second-order valence-electron chi connectivity index (χ2n) is 4.89. The molecule has 3 nitrogen and oxygen atoms in total. The summed E-state index contributed by atoms with van der Waals surface area (Å²) in [5.41, 5.74) is 0.408. The van der Waals surface area contributed by atoms with Crippen LogP contribution in [0.2, 0.25) is 0 Å². The Morgan fingerprint density at radius 1 is 1.26 bits per heavy atom. The van der Waals surface area contributed by atoms with Crippen LogP contribution in [0.4, 0.5) is 4.39 Å². The second kappa shape index (κ2) is 5.72. The molecule has 2 rings (SSSR count). The number of benzene rings is 1. The van der Waals surface area contributed by atoms with E-state index in [1.54, 1.807) is 6.07 Å². The molecule has 0 fully saturated rings. The van der Waals surface area contributed by atoms with Crippen molar-refractivity contribution >= 4 is 11.0 Å². The van der Waals surface area contributed by atoms with Crippen LogP contribution in [0.1, 0.15) is 32.4 Å². The summed E-state index contributed by atoms with van der Waals surface area (Å²) in [6.07, 6.45) is 1.68. The smallest absolute Gasteiger partial charge is 0.134 e. The maximum absolute atomic E-state index is 13.1. The van der Waals surface area contributed by atoms with E-state index in [0.717, 1.165) is 24.0 Å². The minimum absolute atomic E-state index is 0.0921. The van der Waals surface area contributed by atoms with Crippen molar-refractivity contribution in [2.45, 2.75) is 38.8 Å². The van der Waals surface area contributed by atoms with Crippen molar-refractivity contribution in [3.63, 3.8) is 0 Å². The number of aliphatic hydroxyl groups is 1. The van der Waals surface area contributed by atoms with Gasteiger partial charge in [-0.05, 0) is 37.1 Å². The summed E-state index contributed by atoms with van der Waals surface area (Å²) in [7, 11) is 0. The van der Waals surface area contributed by atoms with Crippen LogP contribution in [-0.2, 0) is 6.54 Å². The third-order valence-corrected chi connectivity index (χ3v) is 3.82. The average Bonchev–Trinajstić information content (AvgIpc) is 2.83. The Labute approximate surface area is 112 Å². The standard InChI is InChI=1S/C15H20FNO2/c1-3-15(4-2,10-18)17-9-13-8-11-7-12(16)5-6-14(11)19-13/h5-8,17-18H,3-4,9-10H2,1-2H3. The molecule has 1 heterocycles. The van der Waals surface area contributed by atoms with Gasteiger partial charge in [0, 0.05) is 10.9 Å². The van der Waals surface area contributed by atoms with Crippen molar-refractivity contribution in [3.05, 3.63) is 35.8 Å². The predicted molar refractivity (Wildman–Crippen MR) is 73.4 cm³/mol. The van der Waals surface area contributed by atoms with Gasteiger partial charge in [0.2, 0.25) is 0 Å². The van der Waals surface area contributed by atoms with Gasteiger partial charge in [0.1, 0.15) is 17.2 Å². The van der Waals surface area contributed by atoms with Crippen LogP contribution in [0.15, 0.2) is 28.7 Å². The highest BCUT2D eigenvalue weighted by atomic mass is 19.1. The fraction of sp³-hybridized carbons (Fsp3) is 0.467. The SMILES string of the molecule is CCC(CC)(CO)NCc1cc2cc(F)ccc2o1. The van der Waals surface area contributed by atoms with Crippen LogP contribution in [0.5, 0.6) is 0 Å². The number of rotatable bonds is 6. The lowest BCUT2D eigenvalue weighted by Gasteiger charge is -2.30. The molecule has 0 saturated heterocycles. The van der Waals surface area contributed by atoms with Gasteiger partial charge in [-0.15, -0.1) is 0 Å². The highest BCUT2D eigenvalue weighted by Crippen LogP contribution is 2.21. The molecule has 4 heteroatoms. The third kappa shape index (κ3) is 2.96. The fourth-order valence-electron chi connectivity index (χ4n) is 2.21. The first kappa shape index (κ1) is 14.0. The van der Waals surface area contributed by atoms with Gasteiger partial charge in [-0.25, -0.2) is 4.39 Å². The van der Waals surface area contributed by atoms with Crippen LogP contribution < -0.4 is 5.32 Å². The number of furan rings is 1. The van der Waals surface area contributed by atoms with Crippen molar-refractivity contribution in [2.75, 3.05) is 6.61 Å². The number of aliphatic hydroxyl groups excluding tert-OH is 1. The zero-order chi connectivity index (χ0) is 13.9.